The summed E-state index contributed by atoms with van der Waals surface area (Å²) in [6.07, 6.45) is 8.75. The molecule has 2 N–H and O–H groups in total. The highest BCUT2D eigenvalue weighted by atomic mass is 32.2. The van der Waals surface area contributed by atoms with Crippen molar-refractivity contribution in [3.63, 3.8) is 0 Å². The fourth-order valence-corrected chi connectivity index (χ4v) is 6.37. The number of rotatable bonds is 4. The van der Waals surface area contributed by atoms with Gasteiger partial charge in [-0.25, -0.2) is 8.42 Å². The van der Waals surface area contributed by atoms with E-state index in [1.807, 2.05) is 0 Å². The fourth-order valence-electron chi connectivity index (χ4n) is 4.89. The molecule has 0 amide bonds. The summed E-state index contributed by atoms with van der Waals surface area (Å²) in [6.45, 7) is 2.72. The molecule has 30 heavy (non-hydrogen) atoms. The summed E-state index contributed by atoms with van der Waals surface area (Å²) in [5, 5.41) is 7.49. The summed E-state index contributed by atoms with van der Waals surface area (Å²) in [4.78, 5) is 5.21. The molecule has 1 aromatic rings. The highest BCUT2D eigenvalue weighted by Crippen LogP contribution is 2.30. The summed E-state index contributed by atoms with van der Waals surface area (Å²) < 4.78 is 33.2. The predicted octanol–water partition coefficient (Wildman–Crippen LogP) is 2.53. The first-order valence-electron chi connectivity index (χ1n) is 11.2. The smallest absolute Gasteiger partial charge is 0.243 e. The van der Waals surface area contributed by atoms with Gasteiger partial charge in [0, 0.05) is 31.7 Å². The molecule has 1 saturated carbocycles. The van der Waals surface area contributed by atoms with Crippen molar-refractivity contribution in [1.82, 2.24) is 14.9 Å². The molecule has 1 aromatic carbocycles. The third kappa shape index (κ3) is 4.50. The first-order valence-corrected chi connectivity index (χ1v) is 12.7. The molecule has 4 rings (SSSR count). The number of hydrogen-bond donors (Lipinski definition) is 2. The molecule has 1 spiro atoms. The zero-order chi connectivity index (χ0) is 21.0. The van der Waals surface area contributed by atoms with Gasteiger partial charge in [0.15, 0.2) is 0 Å². The van der Waals surface area contributed by atoms with Crippen molar-refractivity contribution in [3.8, 4) is 5.75 Å². The van der Waals surface area contributed by atoms with Crippen molar-refractivity contribution in [3.05, 3.63) is 24.3 Å². The van der Waals surface area contributed by atoms with Crippen LogP contribution >= 0.6 is 0 Å². The molecule has 2 heterocycles. The molecule has 1 saturated heterocycles. The second-order valence-corrected chi connectivity index (χ2v) is 10.6. The SMILES string of the molecule is COc1cccc(S(=O)(=O)N2CCC3(CC2)NCCCN=C3NC2CCCCC2)c1. The Morgan fingerprint density at radius 2 is 1.93 bits per heavy atom. The van der Waals surface area contributed by atoms with Crippen molar-refractivity contribution in [2.75, 3.05) is 33.3 Å². The van der Waals surface area contributed by atoms with Gasteiger partial charge in [0.1, 0.15) is 11.6 Å². The highest BCUT2D eigenvalue weighted by molar-refractivity contribution is 7.89. The van der Waals surface area contributed by atoms with E-state index in [1.54, 1.807) is 35.7 Å². The second-order valence-electron chi connectivity index (χ2n) is 8.66. The van der Waals surface area contributed by atoms with Crippen LogP contribution in [0.1, 0.15) is 51.4 Å². The largest absolute Gasteiger partial charge is 0.497 e. The molecule has 166 valence electrons. The average Bonchev–Trinajstić information content (AvgIpc) is 2.97. The number of benzene rings is 1. The van der Waals surface area contributed by atoms with E-state index in [1.165, 1.54) is 32.1 Å². The van der Waals surface area contributed by atoms with E-state index in [4.69, 9.17) is 9.73 Å². The molecule has 1 aliphatic carbocycles. The van der Waals surface area contributed by atoms with Crippen LogP contribution in [0.3, 0.4) is 0 Å². The van der Waals surface area contributed by atoms with E-state index in [0.29, 0.717) is 29.8 Å². The Bertz CT molecular complexity index is 857. The maximum atomic E-state index is 13.2. The van der Waals surface area contributed by atoms with Gasteiger partial charge in [-0.2, -0.15) is 4.31 Å². The minimum absolute atomic E-state index is 0.242. The second kappa shape index (κ2) is 9.24. The van der Waals surface area contributed by atoms with E-state index in [0.717, 1.165) is 38.2 Å². The number of sulfonamides is 1. The quantitative estimate of drug-likeness (QED) is 0.761. The van der Waals surface area contributed by atoms with Gasteiger partial charge in [0.2, 0.25) is 10.0 Å². The number of methoxy groups -OCH3 is 1. The van der Waals surface area contributed by atoms with Crippen LogP contribution in [0.5, 0.6) is 5.75 Å². The van der Waals surface area contributed by atoms with Gasteiger partial charge < -0.3 is 15.4 Å². The lowest BCUT2D eigenvalue weighted by molar-refractivity contribution is 0.245. The summed E-state index contributed by atoms with van der Waals surface area (Å²) >= 11 is 0. The van der Waals surface area contributed by atoms with Crippen molar-refractivity contribution >= 4 is 15.9 Å². The molecule has 0 aromatic heterocycles. The zero-order valence-electron chi connectivity index (χ0n) is 17.9. The topological polar surface area (TPSA) is 83.0 Å². The Kier molecular flexibility index (Phi) is 6.65. The van der Waals surface area contributed by atoms with E-state index in [2.05, 4.69) is 10.6 Å². The normalized spacial score (nSPS) is 23.6. The fraction of sp³-hybridized carbons (Fsp3) is 0.682. The van der Waals surface area contributed by atoms with Gasteiger partial charge in [-0.3, -0.25) is 4.99 Å². The van der Waals surface area contributed by atoms with Gasteiger partial charge in [0.05, 0.1) is 17.5 Å². The van der Waals surface area contributed by atoms with Gasteiger partial charge in [-0.05, 0) is 50.8 Å². The summed E-state index contributed by atoms with van der Waals surface area (Å²) in [5.74, 6) is 1.62. The lowest BCUT2D eigenvalue weighted by Gasteiger charge is -2.43. The Labute approximate surface area is 180 Å². The third-order valence-corrected chi connectivity index (χ3v) is 8.62. The van der Waals surface area contributed by atoms with Crippen molar-refractivity contribution in [2.24, 2.45) is 4.99 Å². The molecule has 2 aliphatic heterocycles. The summed E-state index contributed by atoms with van der Waals surface area (Å²) in [6, 6.07) is 7.22. The molecule has 0 bridgehead atoms. The van der Waals surface area contributed by atoms with Crippen LogP contribution in [-0.4, -0.2) is 63.4 Å². The van der Waals surface area contributed by atoms with E-state index >= 15 is 0 Å². The first-order chi connectivity index (χ1) is 14.5. The van der Waals surface area contributed by atoms with Crippen LogP contribution in [0.25, 0.3) is 0 Å². The lowest BCUT2D eigenvalue weighted by atomic mass is 9.85. The van der Waals surface area contributed by atoms with Crippen molar-refractivity contribution in [1.29, 1.82) is 0 Å². The number of hydrogen-bond acceptors (Lipinski definition) is 6. The van der Waals surface area contributed by atoms with Crippen LogP contribution in [0, 0.1) is 0 Å². The molecule has 0 radical (unpaired) electrons. The Morgan fingerprint density at radius 1 is 1.17 bits per heavy atom. The van der Waals surface area contributed by atoms with E-state index in [-0.39, 0.29) is 5.54 Å². The van der Waals surface area contributed by atoms with E-state index < -0.39 is 10.0 Å². The number of nitrogens with one attached hydrogen (secondary N) is 2. The van der Waals surface area contributed by atoms with Crippen LogP contribution in [0.2, 0.25) is 0 Å². The lowest BCUT2D eigenvalue weighted by Crippen LogP contribution is -2.63. The Hall–Kier alpha value is -1.64. The molecule has 7 nitrogen and oxygen atoms in total. The maximum Gasteiger partial charge on any atom is 0.243 e. The Morgan fingerprint density at radius 3 is 2.67 bits per heavy atom. The number of nitrogens with zero attached hydrogens (tertiary/aromatic N) is 2. The minimum Gasteiger partial charge on any atom is -0.497 e. The molecule has 3 aliphatic rings. The number of piperidine rings is 1. The summed E-state index contributed by atoms with van der Waals surface area (Å²) in [5.41, 5.74) is -0.242. The third-order valence-electron chi connectivity index (χ3n) is 6.72. The average molecular weight is 435 g/mol. The van der Waals surface area contributed by atoms with Crippen molar-refractivity contribution in [2.45, 2.75) is 67.8 Å². The predicted molar refractivity (Wildman–Crippen MR) is 119 cm³/mol. The van der Waals surface area contributed by atoms with Crippen LogP contribution < -0.4 is 15.4 Å². The molecular weight excluding hydrogens is 400 g/mol. The van der Waals surface area contributed by atoms with Crippen LogP contribution in [-0.2, 0) is 10.0 Å². The van der Waals surface area contributed by atoms with Crippen molar-refractivity contribution < 1.29 is 13.2 Å². The maximum absolute atomic E-state index is 13.2. The van der Waals surface area contributed by atoms with Gasteiger partial charge in [-0.15, -0.1) is 0 Å². The van der Waals surface area contributed by atoms with Gasteiger partial charge >= 0.3 is 0 Å². The molecule has 2 fully saturated rings. The van der Waals surface area contributed by atoms with Gasteiger partial charge in [0.25, 0.3) is 0 Å². The zero-order valence-corrected chi connectivity index (χ0v) is 18.7. The molecule has 0 atom stereocenters. The molecular formula is C22H34N4O3S. The molecule has 8 heteroatoms. The summed E-state index contributed by atoms with van der Waals surface area (Å²) in [7, 11) is -1.99. The highest BCUT2D eigenvalue weighted by Gasteiger charge is 2.43. The minimum atomic E-state index is -3.54. The van der Waals surface area contributed by atoms with E-state index in [9.17, 15) is 8.42 Å². The monoisotopic (exact) mass is 434 g/mol. The van der Waals surface area contributed by atoms with Crippen LogP contribution in [0.4, 0.5) is 0 Å². The first kappa shape index (κ1) is 21.6. The Balaban J connectivity index is 1.49. The van der Waals surface area contributed by atoms with Crippen LogP contribution in [0.15, 0.2) is 34.2 Å². The number of ether oxygens (including phenoxy) is 1. The molecule has 0 unspecified atom stereocenters. The van der Waals surface area contributed by atoms with Gasteiger partial charge in [-0.1, -0.05) is 25.3 Å². The number of aliphatic imine (C=N–C) groups is 1. The number of amidine groups is 1. The standard InChI is InChI=1S/C22H34N4O3S/c1-29-19-9-5-10-20(17-19)30(27,28)26-15-11-22(12-16-26)21(23-13-6-14-24-22)25-18-7-3-2-4-8-18/h5,9-10,17-18,24H,2-4,6-8,11-16H2,1H3,(H,23,25).